The zero-order chi connectivity index (χ0) is 11.7. The molecule has 0 spiro atoms. The Hall–Kier alpha value is -0.870. The first-order valence-corrected chi connectivity index (χ1v) is 5.28. The number of rotatable bonds is 8. The molecule has 0 saturated carbocycles. The van der Waals surface area contributed by atoms with Crippen LogP contribution >= 0.6 is 0 Å². The van der Waals surface area contributed by atoms with E-state index in [9.17, 15) is 4.79 Å². The Labute approximate surface area is 91.0 Å². The molecule has 0 aliphatic heterocycles. The second-order valence-electron chi connectivity index (χ2n) is 3.94. The summed E-state index contributed by atoms with van der Waals surface area (Å²) < 4.78 is 0. The highest BCUT2D eigenvalue weighted by Crippen LogP contribution is 2.02. The summed E-state index contributed by atoms with van der Waals surface area (Å²) in [5, 5.41) is 20.4. The summed E-state index contributed by atoms with van der Waals surface area (Å²) in [7, 11) is 0. The molecule has 0 aliphatic carbocycles. The van der Waals surface area contributed by atoms with Gasteiger partial charge >= 0.3 is 5.97 Å². The van der Waals surface area contributed by atoms with E-state index in [0.29, 0.717) is 12.5 Å². The highest BCUT2D eigenvalue weighted by molar-refractivity contribution is 5.80. The maximum absolute atomic E-state index is 10.3. The number of carbonyl (C=O) groups is 1. The lowest BCUT2D eigenvalue weighted by Gasteiger charge is -2.08. The van der Waals surface area contributed by atoms with Gasteiger partial charge < -0.3 is 15.5 Å². The summed E-state index contributed by atoms with van der Waals surface area (Å²) >= 11 is 0. The Morgan fingerprint density at radius 2 is 2.20 bits per heavy atom. The molecular formula is C11H21NO3. The highest BCUT2D eigenvalue weighted by Gasteiger charge is 1.99. The van der Waals surface area contributed by atoms with Gasteiger partial charge in [-0.25, -0.2) is 4.79 Å². The Morgan fingerprint density at radius 1 is 1.53 bits per heavy atom. The van der Waals surface area contributed by atoms with E-state index in [1.807, 2.05) is 6.92 Å². The Morgan fingerprint density at radius 3 is 2.73 bits per heavy atom. The van der Waals surface area contributed by atoms with Gasteiger partial charge in [0.2, 0.25) is 0 Å². The van der Waals surface area contributed by atoms with Crippen LogP contribution in [0.2, 0.25) is 0 Å². The van der Waals surface area contributed by atoms with Gasteiger partial charge in [-0.2, -0.15) is 0 Å². The molecule has 1 atom stereocenters. The topological polar surface area (TPSA) is 69.6 Å². The third-order valence-electron chi connectivity index (χ3n) is 2.14. The fourth-order valence-corrected chi connectivity index (χ4v) is 1.21. The largest absolute Gasteiger partial charge is 0.478 e. The lowest BCUT2D eigenvalue weighted by atomic mass is 10.1. The first-order chi connectivity index (χ1) is 7.06. The monoisotopic (exact) mass is 215 g/mol. The standard InChI is InChI=1S/C11H21NO3/c1-9(8-13)4-3-5-12-7-10(2)6-11(14)15/h6,9,12-13H,3-5,7-8H2,1-2H3,(H,14,15). The highest BCUT2D eigenvalue weighted by atomic mass is 16.4. The van der Waals surface area contributed by atoms with E-state index in [4.69, 9.17) is 10.2 Å². The molecule has 15 heavy (non-hydrogen) atoms. The van der Waals surface area contributed by atoms with E-state index in [1.54, 1.807) is 6.92 Å². The molecule has 0 aromatic rings. The lowest BCUT2D eigenvalue weighted by Crippen LogP contribution is -2.19. The molecule has 0 radical (unpaired) electrons. The van der Waals surface area contributed by atoms with E-state index in [2.05, 4.69) is 5.32 Å². The molecule has 1 unspecified atom stereocenters. The lowest BCUT2D eigenvalue weighted by molar-refractivity contribution is -0.131. The van der Waals surface area contributed by atoms with Crippen LogP contribution in [0.5, 0.6) is 0 Å². The van der Waals surface area contributed by atoms with Crippen LogP contribution in [-0.2, 0) is 4.79 Å². The Balaban J connectivity index is 3.42. The van der Waals surface area contributed by atoms with Gasteiger partial charge in [-0.3, -0.25) is 0 Å². The maximum atomic E-state index is 10.3. The van der Waals surface area contributed by atoms with Gasteiger partial charge in [0, 0.05) is 19.2 Å². The number of hydrogen-bond donors (Lipinski definition) is 3. The van der Waals surface area contributed by atoms with E-state index in [0.717, 1.165) is 25.0 Å². The van der Waals surface area contributed by atoms with Crippen molar-refractivity contribution in [3.05, 3.63) is 11.6 Å². The molecule has 0 rings (SSSR count). The maximum Gasteiger partial charge on any atom is 0.328 e. The van der Waals surface area contributed by atoms with Crippen molar-refractivity contribution in [2.75, 3.05) is 19.7 Å². The van der Waals surface area contributed by atoms with Gasteiger partial charge in [0.25, 0.3) is 0 Å². The minimum atomic E-state index is -0.900. The predicted molar refractivity (Wildman–Crippen MR) is 59.7 cm³/mol. The predicted octanol–water partition coefficient (Wildman–Crippen LogP) is 1.02. The number of aliphatic hydroxyl groups excluding tert-OH is 1. The van der Waals surface area contributed by atoms with Gasteiger partial charge in [0.15, 0.2) is 0 Å². The third kappa shape index (κ3) is 9.43. The van der Waals surface area contributed by atoms with Crippen molar-refractivity contribution in [1.82, 2.24) is 5.32 Å². The van der Waals surface area contributed by atoms with Gasteiger partial charge in [0.1, 0.15) is 0 Å². The smallest absolute Gasteiger partial charge is 0.328 e. The summed E-state index contributed by atoms with van der Waals surface area (Å²) in [4.78, 5) is 10.3. The van der Waals surface area contributed by atoms with Crippen molar-refractivity contribution >= 4 is 5.97 Å². The molecule has 0 saturated heterocycles. The average molecular weight is 215 g/mol. The van der Waals surface area contributed by atoms with Gasteiger partial charge in [-0.05, 0) is 32.2 Å². The fraction of sp³-hybridized carbons (Fsp3) is 0.727. The zero-order valence-corrected chi connectivity index (χ0v) is 9.49. The van der Waals surface area contributed by atoms with E-state index < -0.39 is 5.97 Å². The van der Waals surface area contributed by atoms with Crippen LogP contribution in [0.25, 0.3) is 0 Å². The van der Waals surface area contributed by atoms with Crippen LogP contribution in [-0.4, -0.2) is 35.9 Å². The minimum Gasteiger partial charge on any atom is -0.478 e. The molecule has 88 valence electrons. The van der Waals surface area contributed by atoms with E-state index in [1.165, 1.54) is 6.08 Å². The molecule has 0 aliphatic rings. The average Bonchev–Trinajstić information content (AvgIpc) is 2.15. The van der Waals surface area contributed by atoms with Crippen LogP contribution in [0, 0.1) is 5.92 Å². The van der Waals surface area contributed by atoms with Crippen molar-refractivity contribution in [2.45, 2.75) is 26.7 Å². The van der Waals surface area contributed by atoms with E-state index in [-0.39, 0.29) is 6.61 Å². The van der Waals surface area contributed by atoms with Crippen LogP contribution in [0.1, 0.15) is 26.7 Å². The van der Waals surface area contributed by atoms with Crippen LogP contribution in [0.15, 0.2) is 11.6 Å². The summed E-state index contributed by atoms with van der Waals surface area (Å²) in [6.07, 6.45) is 3.20. The van der Waals surface area contributed by atoms with Crippen LogP contribution < -0.4 is 5.32 Å². The molecule has 4 heteroatoms. The molecule has 0 aromatic carbocycles. The number of carboxylic acid groups (broad SMARTS) is 1. The van der Waals surface area contributed by atoms with Crippen LogP contribution in [0.4, 0.5) is 0 Å². The van der Waals surface area contributed by atoms with Gasteiger partial charge in [0.05, 0.1) is 0 Å². The van der Waals surface area contributed by atoms with Gasteiger partial charge in [-0.1, -0.05) is 12.5 Å². The van der Waals surface area contributed by atoms with Crippen molar-refractivity contribution in [3.8, 4) is 0 Å². The Bertz CT molecular complexity index is 214. The van der Waals surface area contributed by atoms with Crippen molar-refractivity contribution in [3.63, 3.8) is 0 Å². The fourth-order valence-electron chi connectivity index (χ4n) is 1.21. The second kappa shape index (κ2) is 8.44. The molecule has 0 heterocycles. The zero-order valence-electron chi connectivity index (χ0n) is 9.49. The van der Waals surface area contributed by atoms with Gasteiger partial charge in [-0.15, -0.1) is 0 Å². The summed E-state index contributed by atoms with van der Waals surface area (Å²) in [6, 6.07) is 0. The third-order valence-corrected chi connectivity index (χ3v) is 2.14. The molecule has 0 bridgehead atoms. The van der Waals surface area contributed by atoms with Crippen molar-refractivity contribution in [1.29, 1.82) is 0 Å². The molecule has 4 nitrogen and oxygen atoms in total. The number of carboxylic acids is 1. The Kier molecular flexibility index (Phi) is 7.95. The molecule has 0 aromatic heterocycles. The van der Waals surface area contributed by atoms with E-state index >= 15 is 0 Å². The first kappa shape index (κ1) is 14.1. The number of aliphatic carboxylic acids is 1. The summed E-state index contributed by atoms with van der Waals surface area (Å²) in [6.45, 7) is 5.50. The normalized spacial score (nSPS) is 13.9. The second-order valence-corrected chi connectivity index (χ2v) is 3.94. The number of aliphatic hydroxyl groups is 1. The summed E-state index contributed by atoms with van der Waals surface area (Å²) in [5.41, 5.74) is 0.817. The SMILES string of the molecule is CC(=CC(=O)O)CNCCCC(C)CO. The number of hydrogen-bond acceptors (Lipinski definition) is 3. The first-order valence-electron chi connectivity index (χ1n) is 5.28. The molecule has 0 amide bonds. The molecule has 0 fully saturated rings. The minimum absolute atomic E-state index is 0.234. The van der Waals surface area contributed by atoms with Crippen molar-refractivity contribution < 1.29 is 15.0 Å². The molecular weight excluding hydrogens is 194 g/mol. The van der Waals surface area contributed by atoms with Crippen LogP contribution in [0.3, 0.4) is 0 Å². The molecule has 3 N–H and O–H groups in total. The number of nitrogens with one attached hydrogen (secondary N) is 1. The summed E-state index contributed by atoms with van der Waals surface area (Å²) in [5.74, 6) is -0.550. The van der Waals surface area contributed by atoms with Crippen molar-refractivity contribution in [2.24, 2.45) is 5.92 Å². The quantitative estimate of drug-likeness (QED) is 0.417.